The number of allylic oxidation sites excluding steroid dienone is 2. The fraction of sp³-hybridized carbons (Fsp3) is 0. The summed E-state index contributed by atoms with van der Waals surface area (Å²) in [4.78, 5) is 10.9. The lowest BCUT2D eigenvalue weighted by atomic mass is 10.0. The summed E-state index contributed by atoms with van der Waals surface area (Å²) in [5.74, 6) is -0.993. The van der Waals surface area contributed by atoms with Crippen LogP contribution in [0.2, 0.25) is 10.0 Å². The summed E-state index contributed by atoms with van der Waals surface area (Å²) >= 11 is 11.8. The van der Waals surface area contributed by atoms with E-state index < -0.39 is 5.97 Å². The third-order valence-electron chi connectivity index (χ3n) is 2.79. The Morgan fingerprint density at radius 2 is 1.71 bits per heavy atom. The van der Waals surface area contributed by atoms with Gasteiger partial charge in [-0.3, -0.25) is 0 Å². The van der Waals surface area contributed by atoms with E-state index in [0.29, 0.717) is 15.6 Å². The Bertz CT molecular complexity index is 704. The van der Waals surface area contributed by atoms with Crippen LogP contribution in [0.25, 0.3) is 11.6 Å². The Morgan fingerprint density at radius 1 is 1.00 bits per heavy atom. The first-order valence-corrected chi connectivity index (χ1v) is 6.95. The molecular weight excluding hydrogens is 307 g/mol. The molecule has 0 saturated heterocycles. The molecule has 106 valence electrons. The van der Waals surface area contributed by atoms with Crippen molar-refractivity contribution in [1.82, 2.24) is 0 Å². The van der Waals surface area contributed by atoms with Gasteiger partial charge in [0.25, 0.3) is 0 Å². The van der Waals surface area contributed by atoms with E-state index >= 15 is 0 Å². The van der Waals surface area contributed by atoms with Gasteiger partial charge in [-0.1, -0.05) is 71.8 Å². The molecule has 0 atom stereocenters. The predicted octanol–water partition coefficient (Wildman–Crippen LogP) is 5.17. The molecule has 0 aliphatic heterocycles. The summed E-state index contributed by atoms with van der Waals surface area (Å²) in [6.45, 7) is 0. The van der Waals surface area contributed by atoms with Crippen molar-refractivity contribution < 1.29 is 9.90 Å². The first kappa shape index (κ1) is 15.4. The zero-order chi connectivity index (χ0) is 15.2. The quantitative estimate of drug-likeness (QED) is 0.623. The van der Waals surface area contributed by atoms with Gasteiger partial charge in [0.15, 0.2) is 0 Å². The van der Waals surface area contributed by atoms with Gasteiger partial charge in [-0.25, -0.2) is 4.79 Å². The summed E-state index contributed by atoms with van der Waals surface area (Å²) < 4.78 is 0. The highest BCUT2D eigenvalue weighted by Gasteiger charge is 2.01. The van der Waals surface area contributed by atoms with Crippen LogP contribution < -0.4 is 0 Å². The molecule has 21 heavy (non-hydrogen) atoms. The van der Waals surface area contributed by atoms with Crippen LogP contribution >= 0.6 is 23.2 Å². The summed E-state index contributed by atoms with van der Waals surface area (Å²) in [6, 6.07) is 14.5. The van der Waals surface area contributed by atoms with Crippen molar-refractivity contribution >= 4 is 40.8 Å². The molecule has 0 aromatic heterocycles. The number of carboxylic acid groups (broad SMARTS) is 1. The summed E-state index contributed by atoms with van der Waals surface area (Å²) in [7, 11) is 0. The maximum atomic E-state index is 10.9. The molecule has 2 rings (SSSR count). The molecule has 2 nitrogen and oxygen atoms in total. The Balaban J connectivity index is 2.33. The van der Waals surface area contributed by atoms with Gasteiger partial charge in [0.05, 0.1) is 10.0 Å². The molecule has 2 aromatic carbocycles. The van der Waals surface area contributed by atoms with E-state index in [9.17, 15) is 4.79 Å². The van der Waals surface area contributed by atoms with Crippen molar-refractivity contribution in [2.75, 3.05) is 0 Å². The average Bonchev–Trinajstić information content (AvgIpc) is 2.47. The van der Waals surface area contributed by atoms with Gasteiger partial charge < -0.3 is 5.11 Å². The lowest BCUT2D eigenvalue weighted by Crippen LogP contribution is -1.90. The first-order valence-electron chi connectivity index (χ1n) is 6.19. The number of carbonyl (C=O) groups is 1. The van der Waals surface area contributed by atoms with Crippen LogP contribution in [-0.4, -0.2) is 11.1 Å². The van der Waals surface area contributed by atoms with Crippen LogP contribution in [0, 0.1) is 0 Å². The molecule has 1 N–H and O–H groups in total. The summed E-state index contributed by atoms with van der Waals surface area (Å²) in [5.41, 5.74) is 2.28. The number of benzene rings is 2. The monoisotopic (exact) mass is 318 g/mol. The third-order valence-corrected chi connectivity index (χ3v) is 3.52. The van der Waals surface area contributed by atoms with Crippen molar-refractivity contribution in [3.8, 4) is 0 Å². The van der Waals surface area contributed by atoms with Crippen molar-refractivity contribution in [2.24, 2.45) is 0 Å². The summed E-state index contributed by atoms with van der Waals surface area (Å²) in [6.07, 6.45) is 4.70. The minimum Gasteiger partial charge on any atom is -0.478 e. The molecule has 2 aromatic rings. The zero-order valence-electron chi connectivity index (χ0n) is 11.0. The van der Waals surface area contributed by atoms with Crippen LogP contribution in [-0.2, 0) is 4.79 Å². The number of hydrogen-bond acceptors (Lipinski definition) is 1. The molecule has 0 fully saturated rings. The third kappa shape index (κ3) is 4.48. The molecule has 0 bridgehead atoms. The number of halogens is 2. The molecule has 0 saturated carbocycles. The van der Waals surface area contributed by atoms with Gasteiger partial charge in [-0.05, 0) is 28.8 Å². The maximum Gasteiger partial charge on any atom is 0.328 e. The van der Waals surface area contributed by atoms with Crippen LogP contribution in [0.5, 0.6) is 0 Å². The topological polar surface area (TPSA) is 37.3 Å². The van der Waals surface area contributed by atoms with E-state index in [1.807, 2.05) is 36.4 Å². The van der Waals surface area contributed by atoms with Gasteiger partial charge in [-0.15, -0.1) is 0 Å². The van der Waals surface area contributed by atoms with Crippen molar-refractivity contribution in [1.29, 1.82) is 0 Å². The van der Waals surface area contributed by atoms with E-state index in [1.54, 1.807) is 24.3 Å². The minimum atomic E-state index is -0.993. The number of aliphatic carboxylic acids is 1. The fourth-order valence-electron chi connectivity index (χ4n) is 1.79. The Morgan fingerprint density at radius 3 is 2.33 bits per heavy atom. The molecule has 0 aliphatic carbocycles. The molecule has 0 radical (unpaired) electrons. The standard InChI is InChI=1S/C17H12Cl2O2/c18-15-9-7-12(10-16(15)19)6-8-14(11-17(20)21)13-4-2-1-3-5-13/h1-11H,(H,20,21)/b8-6+,14-11+. The normalized spacial score (nSPS) is 11.8. The zero-order valence-corrected chi connectivity index (χ0v) is 12.5. The van der Waals surface area contributed by atoms with Gasteiger partial charge in [0, 0.05) is 6.08 Å². The molecule has 0 unspecified atom stereocenters. The molecule has 0 amide bonds. The number of rotatable bonds is 4. The van der Waals surface area contributed by atoms with Crippen molar-refractivity contribution in [3.63, 3.8) is 0 Å². The summed E-state index contributed by atoms with van der Waals surface area (Å²) in [5, 5.41) is 9.92. The second-order valence-electron chi connectivity index (χ2n) is 4.31. The van der Waals surface area contributed by atoms with E-state index in [0.717, 1.165) is 11.1 Å². The van der Waals surface area contributed by atoms with Crippen molar-refractivity contribution in [3.05, 3.63) is 81.9 Å². The Hall–Kier alpha value is -2.03. The Kier molecular flexibility index (Phi) is 5.20. The predicted molar refractivity (Wildman–Crippen MR) is 87.6 cm³/mol. The van der Waals surface area contributed by atoms with Gasteiger partial charge in [0.2, 0.25) is 0 Å². The highest BCUT2D eigenvalue weighted by Crippen LogP contribution is 2.24. The molecule has 0 heterocycles. The van der Waals surface area contributed by atoms with E-state index in [1.165, 1.54) is 6.08 Å². The Labute approximate surface area is 132 Å². The second-order valence-corrected chi connectivity index (χ2v) is 5.13. The highest BCUT2D eigenvalue weighted by atomic mass is 35.5. The van der Waals surface area contributed by atoms with Gasteiger partial charge >= 0.3 is 5.97 Å². The SMILES string of the molecule is O=C(O)/C=C(\C=C\c1ccc(Cl)c(Cl)c1)c1ccccc1. The first-order chi connectivity index (χ1) is 10.1. The van der Waals surface area contributed by atoms with Crippen LogP contribution in [0.15, 0.2) is 60.7 Å². The lowest BCUT2D eigenvalue weighted by Gasteiger charge is -2.02. The maximum absolute atomic E-state index is 10.9. The van der Waals surface area contributed by atoms with Crippen LogP contribution in [0.4, 0.5) is 0 Å². The van der Waals surface area contributed by atoms with Crippen LogP contribution in [0.1, 0.15) is 11.1 Å². The highest BCUT2D eigenvalue weighted by molar-refractivity contribution is 6.42. The van der Waals surface area contributed by atoms with Crippen LogP contribution in [0.3, 0.4) is 0 Å². The molecule has 0 aliphatic rings. The van der Waals surface area contributed by atoms with E-state index in [-0.39, 0.29) is 0 Å². The van der Waals surface area contributed by atoms with E-state index in [2.05, 4.69) is 0 Å². The average molecular weight is 319 g/mol. The van der Waals surface area contributed by atoms with Gasteiger partial charge in [0.1, 0.15) is 0 Å². The molecule has 0 spiro atoms. The second kappa shape index (κ2) is 7.11. The van der Waals surface area contributed by atoms with Gasteiger partial charge in [-0.2, -0.15) is 0 Å². The lowest BCUT2D eigenvalue weighted by molar-refractivity contribution is -0.131. The smallest absolute Gasteiger partial charge is 0.328 e. The molecule has 4 heteroatoms. The van der Waals surface area contributed by atoms with Crippen molar-refractivity contribution in [2.45, 2.75) is 0 Å². The van der Waals surface area contributed by atoms with E-state index in [4.69, 9.17) is 28.3 Å². The minimum absolute atomic E-state index is 0.460. The number of carboxylic acids is 1. The molecular formula is C17H12Cl2O2. The fourth-order valence-corrected chi connectivity index (χ4v) is 2.10. The number of hydrogen-bond donors (Lipinski definition) is 1. The largest absolute Gasteiger partial charge is 0.478 e.